The summed E-state index contributed by atoms with van der Waals surface area (Å²) in [7, 11) is 0. The maximum Gasteiger partial charge on any atom is 0.181 e. The van der Waals surface area contributed by atoms with Gasteiger partial charge in [0.1, 0.15) is 5.69 Å². The van der Waals surface area contributed by atoms with Gasteiger partial charge in [-0.1, -0.05) is 35.9 Å². The molecule has 6 rings (SSSR count). The molecule has 0 amide bonds. The van der Waals surface area contributed by atoms with E-state index in [9.17, 15) is 0 Å². The Kier molecular flexibility index (Phi) is 3.86. The van der Waals surface area contributed by atoms with Crippen LogP contribution in [-0.2, 0) is 0 Å². The second kappa shape index (κ2) is 6.84. The number of hydrogen-bond acceptors (Lipinski definition) is 5. The fourth-order valence-electron chi connectivity index (χ4n) is 3.77. The minimum Gasteiger partial charge on any atom is -0.335 e. The van der Waals surface area contributed by atoms with E-state index in [4.69, 9.17) is 4.98 Å². The lowest BCUT2D eigenvalue weighted by atomic mass is 10.1. The molecule has 31 heavy (non-hydrogen) atoms. The average molecular weight is 403 g/mol. The van der Waals surface area contributed by atoms with Crippen molar-refractivity contribution in [3.8, 4) is 33.8 Å². The first-order chi connectivity index (χ1) is 15.3. The van der Waals surface area contributed by atoms with Gasteiger partial charge in [-0.15, -0.1) is 0 Å². The van der Waals surface area contributed by atoms with Gasteiger partial charge in [0.2, 0.25) is 0 Å². The van der Waals surface area contributed by atoms with Crippen molar-refractivity contribution in [3.05, 3.63) is 79.0 Å². The molecule has 5 heterocycles. The largest absolute Gasteiger partial charge is 0.335 e. The molecule has 0 aliphatic heterocycles. The van der Waals surface area contributed by atoms with E-state index in [0.717, 1.165) is 44.4 Å². The topological polar surface area (TPSA) is 96.0 Å². The highest BCUT2D eigenvalue weighted by Gasteiger charge is 2.16. The van der Waals surface area contributed by atoms with Crippen LogP contribution in [0.2, 0.25) is 0 Å². The Labute approximate surface area is 177 Å². The molecule has 0 fully saturated rings. The summed E-state index contributed by atoms with van der Waals surface area (Å²) in [4.78, 5) is 21.4. The SMILES string of the molecule is Cc1ccc(-c2cncc3[nH]c(-c4[nH]nc5ncc(-c6cccnc6)cc45)nc23)cc1. The van der Waals surface area contributed by atoms with E-state index < -0.39 is 0 Å². The van der Waals surface area contributed by atoms with Gasteiger partial charge in [-0.3, -0.25) is 15.1 Å². The maximum atomic E-state index is 4.90. The van der Waals surface area contributed by atoms with E-state index in [0.29, 0.717) is 11.5 Å². The van der Waals surface area contributed by atoms with Crippen LogP contribution in [0.3, 0.4) is 0 Å². The van der Waals surface area contributed by atoms with Gasteiger partial charge in [-0.25, -0.2) is 9.97 Å². The Balaban J connectivity index is 1.51. The molecule has 6 aromatic rings. The molecule has 0 unspecified atom stereocenters. The summed E-state index contributed by atoms with van der Waals surface area (Å²) in [6, 6.07) is 14.4. The van der Waals surface area contributed by atoms with Gasteiger partial charge in [-0.2, -0.15) is 5.10 Å². The second-order valence-electron chi connectivity index (χ2n) is 7.47. The van der Waals surface area contributed by atoms with Crippen LogP contribution in [0.4, 0.5) is 0 Å². The van der Waals surface area contributed by atoms with Crippen LogP contribution in [0, 0.1) is 6.92 Å². The number of aryl methyl sites for hydroxylation is 1. The highest BCUT2D eigenvalue weighted by atomic mass is 15.2. The molecule has 0 radical (unpaired) electrons. The van der Waals surface area contributed by atoms with Gasteiger partial charge in [0.05, 0.1) is 22.6 Å². The molecule has 0 atom stereocenters. The summed E-state index contributed by atoms with van der Waals surface area (Å²) in [5, 5.41) is 8.35. The second-order valence-corrected chi connectivity index (χ2v) is 7.47. The Hall–Kier alpha value is -4.39. The monoisotopic (exact) mass is 403 g/mol. The summed E-state index contributed by atoms with van der Waals surface area (Å²) >= 11 is 0. The number of H-pyrrole nitrogens is 2. The first kappa shape index (κ1) is 17.5. The molecular formula is C24H17N7. The summed E-state index contributed by atoms with van der Waals surface area (Å²) in [5.74, 6) is 0.698. The lowest BCUT2D eigenvalue weighted by molar-refractivity contribution is 1.09. The number of benzene rings is 1. The predicted octanol–water partition coefficient (Wildman–Crippen LogP) is 4.93. The van der Waals surface area contributed by atoms with Crippen molar-refractivity contribution in [3.63, 3.8) is 0 Å². The number of nitrogens with zero attached hydrogens (tertiary/aromatic N) is 5. The minimum atomic E-state index is 0.639. The van der Waals surface area contributed by atoms with Crippen molar-refractivity contribution in [2.24, 2.45) is 0 Å². The number of rotatable bonds is 3. The van der Waals surface area contributed by atoms with E-state index in [1.807, 2.05) is 30.7 Å². The van der Waals surface area contributed by atoms with Crippen LogP contribution >= 0.6 is 0 Å². The van der Waals surface area contributed by atoms with Crippen molar-refractivity contribution >= 4 is 22.1 Å². The Bertz CT molecular complexity index is 1530. The molecular weight excluding hydrogens is 386 g/mol. The van der Waals surface area contributed by atoms with E-state index in [-0.39, 0.29) is 0 Å². The van der Waals surface area contributed by atoms with Gasteiger partial charge < -0.3 is 4.98 Å². The molecule has 0 aliphatic rings. The third-order valence-electron chi connectivity index (χ3n) is 5.40. The zero-order valence-electron chi connectivity index (χ0n) is 16.7. The Morgan fingerprint density at radius 1 is 0.839 bits per heavy atom. The first-order valence-corrected chi connectivity index (χ1v) is 9.92. The summed E-state index contributed by atoms with van der Waals surface area (Å²) < 4.78 is 0. The Morgan fingerprint density at radius 2 is 1.74 bits per heavy atom. The number of aromatic amines is 2. The van der Waals surface area contributed by atoms with Crippen molar-refractivity contribution in [1.82, 2.24) is 35.1 Å². The Morgan fingerprint density at radius 3 is 2.58 bits per heavy atom. The lowest BCUT2D eigenvalue weighted by Crippen LogP contribution is -1.85. The third kappa shape index (κ3) is 2.95. The van der Waals surface area contributed by atoms with E-state index >= 15 is 0 Å². The van der Waals surface area contributed by atoms with Crippen LogP contribution in [0.25, 0.3) is 55.8 Å². The van der Waals surface area contributed by atoms with Crippen molar-refractivity contribution in [2.45, 2.75) is 6.92 Å². The number of fused-ring (bicyclic) bond motifs is 2. The van der Waals surface area contributed by atoms with Crippen molar-refractivity contribution < 1.29 is 0 Å². The first-order valence-electron chi connectivity index (χ1n) is 9.92. The molecule has 2 N–H and O–H groups in total. The van der Waals surface area contributed by atoms with Crippen molar-refractivity contribution in [2.75, 3.05) is 0 Å². The van der Waals surface area contributed by atoms with Crippen LogP contribution in [0.15, 0.2) is 73.4 Å². The van der Waals surface area contributed by atoms with Gasteiger partial charge in [0, 0.05) is 41.5 Å². The van der Waals surface area contributed by atoms with Crippen LogP contribution in [0.1, 0.15) is 5.56 Å². The molecule has 5 aromatic heterocycles. The predicted molar refractivity (Wildman–Crippen MR) is 120 cm³/mol. The zero-order valence-corrected chi connectivity index (χ0v) is 16.7. The smallest absolute Gasteiger partial charge is 0.181 e. The van der Waals surface area contributed by atoms with Gasteiger partial charge in [0.25, 0.3) is 0 Å². The number of aromatic nitrogens is 7. The molecule has 7 nitrogen and oxygen atoms in total. The van der Waals surface area contributed by atoms with Crippen LogP contribution in [0.5, 0.6) is 0 Å². The van der Waals surface area contributed by atoms with Crippen LogP contribution in [-0.4, -0.2) is 35.1 Å². The highest BCUT2D eigenvalue weighted by molar-refractivity contribution is 5.96. The summed E-state index contributed by atoms with van der Waals surface area (Å²) in [5.41, 5.74) is 8.42. The molecule has 0 aliphatic carbocycles. The van der Waals surface area contributed by atoms with Crippen molar-refractivity contribution in [1.29, 1.82) is 0 Å². The molecule has 7 heteroatoms. The number of pyridine rings is 3. The fourth-order valence-corrected chi connectivity index (χ4v) is 3.77. The van der Waals surface area contributed by atoms with E-state index in [1.54, 1.807) is 12.4 Å². The van der Waals surface area contributed by atoms with E-state index in [2.05, 4.69) is 67.4 Å². The summed E-state index contributed by atoms with van der Waals surface area (Å²) in [6.07, 6.45) is 9.03. The number of nitrogens with one attached hydrogen (secondary N) is 2. The highest BCUT2D eigenvalue weighted by Crippen LogP contribution is 2.31. The average Bonchev–Trinajstić information content (AvgIpc) is 3.43. The molecule has 148 valence electrons. The standard InChI is InChI=1S/C24H17N7/c1-14-4-6-15(7-5-14)19-12-26-13-20-21(19)29-24(28-20)22-18-9-17(11-27-23(18)31-30-22)16-3-2-8-25-10-16/h2-13H,1H3,(H,28,29)(H,27,30,31). The molecule has 0 spiro atoms. The zero-order chi connectivity index (χ0) is 20.8. The van der Waals surface area contributed by atoms with Gasteiger partial charge >= 0.3 is 0 Å². The van der Waals surface area contributed by atoms with Gasteiger partial charge in [0.15, 0.2) is 11.5 Å². The molecule has 1 aromatic carbocycles. The minimum absolute atomic E-state index is 0.639. The fraction of sp³-hybridized carbons (Fsp3) is 0.0417. The normalized spacial score (nSPS) is 11.4. The number of hydrogen-bond donors (Lipinski definition) is 2. The molecule has 0 saturated carbocycles. The van der Waals surface area contributed by atoms with Crippen LogP contribution < -0.4 is 0 Å². The van der Waals surface area contributed by atoms with Gasteiger partial charge in [-0.05, 0) is 24.6 Å². The van der Waals surface area contributed by atoms with E-state index in [1.165, 1.54) is 5.56 Å². The number of imidazole rings is 1. The lowest BCUT2D eigenvalue weighted by Gasteiger charge is -2.02. The summed E-state index contributed by atoms with van der Waals surface area (Å²) in [6.45, 7) is 2.08. The third-order valence-corrected chi connectivity index (χ3v) is 5.40. The molecule has 0 bridgehead atoms. The molecule has 0 saturated heterocycles. The quantitative estimate of drug-likeness (QED) is 0.437. The maximum absolute atomic E-state index is 4.90.